The van der Waals surface area contributed by atoms with Gasteiger partial charge in [-0.1, -0.05) is 12.1 Å². The third kappa shape index (κ3) is 6.54. The Labute approximate surface area is 137 Å². The standard InChI is InChI=1S/C15H22FN3.HI/c1-17-15(19-11-13-7-8-13)18-9-3-5-12-4-2-6-14(16)10-12;/h2,4,6,10,13H,3,5,7-9,11H2,1H3,(H2,17,18,19);1H. The van der Waals surface area contributed by atoms with Crippen LogP contribution in [0, 0.1) is 11.7 Å². The molecule has 2 rings (SSSR count). The summed E-state index contributed by atoms with van der Waals surface area (Å²) in [6.45, 7) is 1.87. The average Bonchev–Trinajstić information content (AvgIpc) is 3.22. The van der Waals surface area contributed by atoms with Gasteiger partial charge in [0.25, 0.3) is 0 Å². The molecule has 0 saturated heterocycles. The lowest BCUT2D eigenvalue weighted by Crippen LogP contribution is -2.38. The van der Waals surface area contributed by atoms with Gasteiger partial charge in [-0.15, -0.1) is 24.0 Å². The maximum absolute atomic E-state index is 13.0. The van der Waals surface area contributed by atoms with Gasteiger partial charge in [0.1, 0.15) is 5.82 Å². The lowest BCUT2D eigenvalue weighted by atomic mass is 10.1. The van der Waals surface area contributed by atoms with Crippen LogP contribution in [-0.2, 0) is 6.42 Å². The molecule has 1 fully saturated rings. The molecule has 20 heavy (non-hydrogen) atoms. The van der Waals surface area contributed by atoms with Gasteiger partial charge >= 0.3 is 0 Å². The zero-order valence-electron chi connectivity index (χ0n) is 11.9. The Kier molecular flexibility index (Phi) is 7.87. The van der Waals surface area contributed by atoms with Gasteiger partial charge in [-0.25, -0.2) is 4.39 Å². The van der Waals surface area contributed by atoms with E-state index in [-0.39, 0.29) is 29.8 Å². The molecule has 0 heterocycles. The molecular formula is C15H23FIN3. The first-order valence-electron chi connectivity index (χ1n) is 6.97. The Morgan fingerprint density at radius 1 is 1.35 bits per heavy atom. The highest BCUT2D eigenvalue weighted by Gasteiger charge is 2.20. The van der Waals surface area contributed by atoms with Gasteiger partial charge in [-0.3, -0.25) is 4.99 Å². The van der Waals surface area contributed by atoms with Crippen molar-refractivity contribution in [2.75, 3.05) is 20.1 Å². The number of aryl methyl sites for hydroxylation is 1. The Hall–Kier alpha value is -0.850. The molecule has 1 aromatic carbocycles. The minimum atomic E-state index is -0.160. The Bertz CT molecular complexity index is 433. The van der Waals surface area contributed by atoms with Crippen LogP contribution in [0.25, 0.3) is 0 Å². The summed E-state index contributed by atoms with van der Waals surface area (Å²) in [6.07, 6.45) is 4.52. The number of nitrogens with zero attached hydrogens (tertiary/aromatic N) is 1. The van der Waals surface area contributed by atoms with Crippen molar-refractivity contribution in [1.29, 1.82) is 0 Å². The van der Waals surface area contributed by atoms with E-state index in [1.807, 2.05) is 6.07 Å². The lowest BCUT2D eigenvalue weighted by molar-refractivity contribution is 0.624. The SMILES string of the molecule is CN=C(NCCCc1cccc(F)c1)NCC1CC1.I. The molecule has 5 heteroatoms. The second-order valence-electron chi connectivity index (χ2n) is 5.06. The van der Waals surface area contributed by atoms with Crippen molar-refractivity contribution in [3.8, 4) is 0 Å². The van der Waals surface area contributed by atoms with Crippen molar-refractivity contribution in [3.05, 3.63) is 35.6 Å². The van der Waals surface area contributed by atoms with Gasteiger partial charge in [-0.2, -0.15) is 0 Å². The maximum Gasteiger partial charge on any atom is 0.190 e. The zero-order chi connectivity index (χ0) is 13.5. The molecule has 0 aliphatic heterocycles. The van der Waals surface area contributed by atoms with Crippen molar-refractivity contribution >= 4 is 29.9 Å². The van der Waals surface area contributed by atoms with Crippen LogP contribution in [-0.4, -0.2) is 26.1 Å². The second-order valence-corrected chi connectivity index (χ2v) is 5.06. The fourth-order valence-electron chi connectivity index (χ4n) is 1.98. The third-order valence-corrected chi connectivity index (χ3v) is 3.30. The smallest absolute Gasteiger partial charge is 0.190 e. The van der Waals surface area contributed by atoms with Crippen LogP contribution in [0.2, 0.25) is 0 Å². The molecule has 1 aliphatic carbocycles. The minimum absolute atomic E-state index is 0. The first-order chi connectivity index (χ1) is 9.28. The summed E-state index contributed by atoms with van der Waals surface area (Å²) in [4.78, 5) is 4.18. The fraction of sp³-hybridized carbons (Fsp3) is 0.533. The summed E-state index contributed by atoms with van der Waals surface area (Å²) >= 11 is 0. The van der Waals surface area contributed by atoms with Gasteiger partial charge in [0, 0.05) is 20.1 Å². The van der Waals surface area contributed by atoms with E-state index < -0.39 is 0 Å². The summed E-state index contributed by atoms with van der Waals surface area (Å²) in [5, 5.41) is 6.60. The molecule has 2 N–H and O–H groups in total. The predicted octanol–water partition coefficient (Wildman–Crippen LogP) is 2.95. The molecule has 0 radical (unpaired) electrons. The maximum atomic E-state index is 13.0. The molecule has 0 atom stereocenters. The van der Waals surface area contributed by atoms with Crippen LogP contribution < -0.4 is 10.6 Å². The van der Waals surface area contributed by atoms with Crippen molar-refractivity contribution in [2.45, 2.75) is 25.7 Å². The van der Waals surface area contributed by atoms with Gasteiger partial charge in [0.05, 0.1) is 0 Å². The van der Waals surface area contributed by atoms with Crippen LogP contribution in [0.15, 0.2) is 29.3 Å². The zero-order valence-corrected chi connectivity index (χ0v) is 14.2. The highest BCUT2D eigenvalue weighted by molar-refractivity contribution is 14.0. The molecule has 1 saturated carbocycles. The molecule has 1 aromatic rings. The van der Waals surface area contributed by atoms with Crippen LogP contribution in [0.1, 0.15) is 24.8 Å². The van der Waals surface area contributed by atoms with Crippen LogP contribution in [0.4, 0.5) is 4.39 Å². The Morgan fingerprint density at radius 2 is 2.15 bits per heavy atom. The number of aliphatic imine (C=N–C) groups is 1. The molecule has 112 valence electrons. The van der Waals surface area contributed by atoms with Gasteiger partial charge in [0.15, 0.2) is 5.96 Å². The normalized spacial score (nSPS) is 14.6. The first kappa shape index (κ1) is 17.2. The van der Waals surface area contributed by atoms with Crippen molar-refractivity contribution in [2.24, 2.45) is 10.9 Å². The molecule has 0 spiro atoms. The monoisotopic (exact) mass is 391 g/mol. The number of guanidine groups is 1. The molecule has 0 aromatic heterocycles. The molecule has 1 aliphatic rings. The van der Waals surface area contributed by atoms with E-state index >= 15 is 0 Å². The minimum Gasteiger partial charge on any atom is -0.356 e. The summed E-state index contributed by atoms with van der Waals surface area (Å²) < 4.78 is 13.0. The number of hydrogen-bond donors (Lipinski definition) is 2. The number of rotatable bonds is 6. The number of benzene rings is 1. The lowest BCUT2D eigenvalue weighted by Gasteiger charge is -2.11. The van der Waals surface area contributed by atoms with Crippen LogP contribution >= 0.6 is 24.0 Å². The van der Waals surface area contributed by atoms with E-state index in [9.17, 15) is 4.39 Å². The fourth-order valence-corrected chi connectivity index (χ4v) is 1.98. The summed E-state index contributed by atoms with van der Waals surface area (Å²) in [5.41, 5.74) is 1.04. The average molecular weight is 391 g/mol. The van der Waals surface area contributed by atoms with E-state index in [1.54, 1.807) is 19.2 Å². The van der Waals surface area contributed by atoms with Gasteiger partial charge in [0.2, 0.25) is 0 Å². The van der Waals surface area contributed by atoms with E-state index in [0.717, 1.165) is 43.4 Å². The van der Waals surface area contributed by atoms with Crippen molar-refractivity contribution in [1.82, 2.24) is 10.6 Å². The molecule has 0 unspecified atom stereocenters. The summed E-state index contributed by atoms with van der Waals surface area (Å²) in [5.74, 6) is 1.55. The van der Waals surface area contributed by atoms with E-state index in [0.29, 0.717) is 0 Å². The number of halogens is 2. The summed E-state index contributed by atoms with van der Waals surface area (Å²) in [7, 11) is 1.79. The Morgan fingerprint density at radius 3 is 2.80 bits per heavy atom. The van der Waals surface area contributed by atoms with Crippen LogP contribution in [0.3, 0.4) is 0 Å². The summed E-state index contributed by atoms with van der Waals surface area (Å²) in [6, 6.07) is 6.79. The topological polar surface area (TPSA) is 36.4 Å². The largest absolute Gasteiger partial charge is 0.356 e. The quantitative estimate of drug-likeness (QED) is 0.339. The Balaban J connectivity index is 0.00000200. The van der Waals surface area contributed by atoms with E-state index in [2.05, 4.69) is 15.6 Å². The first-order valence-corrected chi connectivity index (χ1v) is 6.97. The van der Waals surface area contributed by atoms with Crippen molar-refractivity contribution in [3.63, 3.8) is 0 Å². The number of hydrogen-bond acceptors (Lipinski definition) is 1. The highest BCUT2D eigenvalue weighted by Crippen LogP contribution is 2.27. The molecule has 0 bridgehead atoms. The molecule has 0 amide bonds. The highest BCUT2D eigenvalue weighted by atomic mass is 127. The number of nitrogens with one attached hydrogen (secondary N) is 2. The van der Waals surface area contributed by atoms with Gasteiger partial charge < -0.3 is 10.6 Å². The molecule has 3 nitrogen and oxygen atoms in total. The third-order valence-electron chi connectivity index (χ3n) is 3.30. The van der Waals surface area contributed by atoms with E-state index in [1.165, 1.54) is 18.9 Å². The molecular weight excluding hydrogens is 368 g/mol. The van der Waals surface area contributed by atoms with E-state index in [4.69, 9.17) is 0 Å². The van der Waals surface area contributed by atoms with Gasteiger partial charge in [-0.05, 0) is 49.3 Å². The van der Waals surface area contributed by atoms with Crippen molar-refractivity contribution < 1.29 is 4.39 Å². The van der Waals surface area contributed by atoms with Crippen LogP contribution in [0.5, 0.6) is 0 Å². The second kappa shape index (κ2) is 9.15. The predicted molar refractivity (Wildman–Crippen MR) is 92.2 cm³/mol.